The Bertz CT molecular complexity index is 738. The number of carbonyl (C=O) groups excluding carboxylic acids is 1. The molecule has 2 aromatic heterocycles. The first-order chi connectivity index (χ1) is 8.66. The number of aromatic nitrogens is 3. The molecule has 0 saturated carbocycles. The van der Waals surface area contributed by atoms with Crippen LogP contribution in [-0.4, -0.2) is 20.3 Å². The van der Waals surface area contributed by atoms with Gasteiger partial charge < -0.3 is 10.3 Å². The first-order valence-corrected chi connectivity index (χ1v) is 5.56. The molecule has 0 amide bonds. The summed E-state index contributed by atoms with van der Waals surface area (Å²) in [5.41, 5.74) is 7.56. The van der Waals surface area contributed by atoms with E-state index in [1.807, 2.05) is 36.0 Å². The third kappa shape index (κ3) is 1.48. The van der Waals surface area contributed by atoms with E-state index in [1.165, 1.54) is 17.1 Å². The zero-order valence-corrected chi connectivity index (χ0v) is 9.87. The second-order valence-corrected chi connectivity index (χ2v) is 4.19. The number of carbonyl (C=O) groups is 1. The topological polar surface area (TPSA) is 65.8 Å². The molecule has 3 rings (SSSR count). The SMILES string of the molecule is Cn1ccc2cccc(C(=O)n3cc(N)cn3)c21. The molecule has 0 bridgehead atoms. The smallest absolute Gasteiger partial charge is 0.280 e. The van der Waals surface area contributed by atoms with Gasteiger partial charge in [-0.25, -0.2) is 4.68 Å². The van der Waals surface area contributed by atoms with E-state index in [1.54, 1.807) is 6.07 Å². The minimum atomic E-state index is -0.181. The maximum absolute atomic E-state index is 12.4. The number of anilines is 1. The highest BCUT2D eigenvalue weighted by atomic mass is 16.2. The number of rotatable bonds is 1. The van der Waals surface area contributed by atoms with Gasteiger partial charge >= 0.3 is 0 Å². The summed E-state index contributed by atoms with van der Waals surface area (Å²) in [6.07, 6.45) is 4.91. The highest BCUT2D eigenvalue weighted by Crippen LogP contribution is 2.20. The van der Waals surface area contributed by atoms with Crippen LogP contribution in [0.15, 0.2) is 42.9 Å². The van der Waals surface area contributed by atoms with Gasteiger partial charge in [-0.2, -0.15) is 5.10 Å². The van der Waals surface area contributed by atoms with Crippen molar-refractivity contribution in [2.24, 2.45) is 7.05 Å². The molecule has 3 aromatic rings. The van der Waals surface area contributed by atoms with Crippen LogP contribution in [0.3, 0.4) is 0 Å². The summed E-state index contributed by atoms with van der Waals surface area (Å²) in [5, 5.41) is 4.98. The van der Waals surface area contributed by atoms with E-state index in [0.717, 1.165) is 10.9 Å². The van der Waals surface area contributed by atoms with Crippen LogP contribution in [-0.2, 0) is 7.05 Å². The molecule has 5 nitrogen and oxygen atoms in total. The zero-order valence-electron chi connectivity index (χ0n) is 9.87. The number of nitrogen functional groups attached to an aromatic ring is 1. The van der Waals surface area contributed by atoms with Crippen molar-refractivity contribution in [3.05, 3.63) is 48.4 Å². The van der Waals surface area contributed by atoms with Crippen molar-refractivity contribution in [3.8, 4) is 0 Å². The lowest BCUT2D eigenvalue weighted by Crippen LogP contribution is -2.13. The third-order valence-electron chi connectivity index (χ3n) is 2.94. The molecule has 90 valence electrons. The largest absolute Gasteiger partial charge is 0.396 e. The van der Waals surface area contributed by atoms with Crippen LogP contribution >= 0.6 is 0 Å². The molecule has 0 aliphatic rings. The normalized spacial score (nSPS) is 10.9. The predicted molar refractivity (Wildman–Crippen MR) is 69.3 cm³/mol. The summed E-state index contributed by atoms with van der Waals surface area (Å²) < 4.78 is 3.19. The number of nitrogens with zero attached hydrogens (tertiary/aromatic N) is 3. The average Bonchev–Trinajstić information content (AvgIpc) is 2.96. The maximum Gasteiger partial charge on any atom is 0.280 e. The summed E-state index contributed by atoms with van der Waals surface area (Å²) in [6, 6.07) is 7.61. The van der Waals surface area contributed by atoms with E-state index < -0.39 is 0 Å². The minimum absolute atomic E-state index is 0.181. The van der Waals surface area contributed by atoms with Crippen molar-refractivity contribution in [2.75, 3.05) is 5.73 Å². The van der Waals surface area contributed by atoms with Gasteiger partial charge in [0.05, 0.1) is 29.2 Å². The summed E-state index contributed by atoms with van der Waals surface area (Å²) in [5.74, 6) is -0.181. The zero-order chi connectivity index (χ0) is 12.7. The molecule has 2 heterocycles. The molecule has 18 heavy (non-hydrogen) atoms. The Morgan fingerprint density at radius 3 is 2.89 bits per heavy atom. The fraction of sp³-hybridized carbons (Fsp3) is 0.0769. The first-order valence-electron chi connectivity index (χ1n) is 5.56. The summed E-state index contributed by atoms with van der Waals surface area (Å²) in [4.78, 5) is 12.4. The lowest BCUT2D eigenvalue weighted by molar-refractivity contribution is 0.0946. The van der Waals surface area contributed by atoms with E-state index in [4.69, 9.17) is 5.73 Å². The van der Waals surface area contributed by atoms with E-state index in [9.17, 15) is 4.79 Å². The molecular formula is C13H12N4O. The first kappa shape index (κ1) is 10.6. The van der Waals surface area contributed by atoms with Crippen molar-refractivity contribution in [1.29, 1.82) is 0 Å². The van der Waals surface area contributed by atoms with E-state index >= 15 is 0 Å². The molecule has 0 radical (unpaired) electrons. The molecule has 1 aromatic carbocycles. The lowest BCUT2D eigenvalue weighted by Gasteiger charge is -2.05. The number of nitrogens with two attached hydrogens (primary N) is 1. The van der Waals surface area contributed by atoms with E-state index in [-0.39, 0.29) is 5.91 Å². The van der Waals surface area contributed by atoms with Crippen molar-refractivity contribution < 1.29 is 4.79 Å². The highest BCUT2D eigenvalue weighted by molar-refractivity contribution is 6.06. The maximum atomic E-state index is 12.4. The molecule has 0 unspecified atom stereocenters. The van der Waals surface area contributed by atoms with Gasteiger partial charge in [-0.05, 0) is 12.1 Å². The lowest BCUT2D eigenvalue weighted by atomic mass is 10.1. The van der Waals surface area contributed by atoms with Gasteiger partial charge in [0.15, 0.2) is 0 Å². The van der Waals surface area contributed by atoms with Gasteiger partial charge in [-0.1, -0.05) is 12.1 Å². The number of fused-ring (bicyclic) bond motifs is 1. The average molecular weight is 240 g/mol. The molecule has 0 spiro atoms. The van der Waals surface area contributed by atoms with Crippen molar-refractivity contribution in [1.82, 2.24) is 14.3 Å². The van der Waals surface area contributed by atoms with Crippen LogP contribution in [0.4, 0.5) is 5.69 Å². The van der Waals surface area contributed by atoms with Gasteiger partial charge in [-0.3, -0.25) is 4.79 Å². The monoisotopic (exact) mass is 240 g/mol. The van der Waals surface area contributed by atoms with Gasteiger partial charge in [0, 0.05) is 18.6 Å². The van der Waals surface area contributed by atoms with Crippen LogP contribution in [0.25, 0.3) is 10.9 Å². The molecule has 2 N–H and O–H groups in total. The van der Waals surface area contributed by atoms with Crippen molar-refractivity contribution >= 4 is 22.5 Å². The van der Waals surface area contributed by atoms with Gasteiger partial charge in [0.2, 0.25) is 0 Å². The second kappa shape index (κ2) is 3.73. The second-order valence-electron chi connectivity index (χ2n) is 4.19. The number of benzene rings is 1. The Kier molecular flexibility index (Phi) is 2.19. The quantitative estimate of drug-likeness (QED) is 0.703. The minimum Gasteiger partial charge on any atom is -0.396 e. The Morgan fingerprint density at radius 1 is 1.33 bits per heavy atom. The number of hydrogen-bond acceptors (Lipinski definition) is 3. The van der Waals surface area contributed by atoms with E-state index in [2.05, 4.69) is 5.10 Å². The van der Waals surface area contributed by atoms with Crippen LogP contribution in [0.5, 0.6) is 0 Å². The van der Waals surface area contributed by atoms with Crippen molar-refractivity contribution in [2.45, 2.75) is 0 Å². The van der Waals surface area contributed by atoms with E-state index in [0.29, 0.717) is 11.3 Å². The molecule has 0 atom stereocenters. The molecule has 0 fully saturated rings. The summed E-state index contributed by atoms with van der Waals surface area (Å²) in [7, 11) is 1.91. The van der Waals surface area contributed by atoms with Gasteiger partial charge in [-0.15, -0.1) is 0 Å². The Balaban J connectivity index is 2.20. The fourth-order valence-electron chi connectivity index (χ4n) is 2.10. The van der Waals surface area contributed by atoms with Crippen LogP contribution in [0, 0.1) is 0 Å². The number of hydrogen-bond donors (Lipinski definition) is 1. The highest BCUT2D eigenvalue weighted by Gasteiger charge is 2.14. The molecule has 0 aliphatic heterocycles. The van der Waals surface area contributed by atoms with Gasteiger partial charge in [0.1, 0.15) is 0 Å². The van der Waals surface area contributed by atoms with Crippen LogP contribution < -0.4 is 5.73 Å². The fourth-order valence-corrected chi connectivity index (χ4v) is 2.10. The summed E-state index contributed by atoms with van der Waals surface area (Å²) >= 11 is 0. The Morgan fingerprint density at radius 2 is 2.17 bits per heavy atom. The number of aryl methyl sites for hydroxylation is 1. The molecule has 0 saturated heterocycles. The van der Waals surface area contributed by atoms with Crippen molar-refractivity contribution in [3.63, 3.8) is 0 Å². The molecule has 5 heteroatoms. The standard InChI is InChI=1S/C13H12N4O/c1-16-6-5-9-3-2-4-11(12(9)16)13(18)17-8-10(14)7-15-17/h2-8H,14H2,1H3. The van der Waals surface area contributed by atoms with Gasteiger partial charge in [0.25, 0.3) is 5.91 Å². The predicted octanol–water partition coefficient (Wildman–Crippen LogP) is 1.65. The summed E-state index contributed by atoms with van der Waals surface area (Å²) in [6.45, 7) is 0. The Labute approximate surface area is 103 Å². The molecule has 0 aliphatic carbocycles. The number of para-hydroxylation sites is 1. The van der Waals surface area contributed by atoms with Crippen LogP contribution in [0.2, 0.25) is 0 Å². The third-order valence-corrected chi connectivity index (χ3v) is 2.94. The Hall–Kier alpha value is -2.56. The van der Waals surface area contributed by atoms with Crippen LogP contribution in [0.1, 0.15) is 10.4 Å². The molecular weight excluding hydrogens is 228 g/mol.